The van der Waals surface area contributed by atoms with E-state index in [2.05, 4.69) is 25.6 Å². The predicted octanol–water partition coefficient (Wildman–Crippen LogP) is 0.723. The van der Waals surface area contributed by atoms with E-state index in [1.807, 2.05) is 20.8 Å². The zero-order valence-corrected chi connectivity index (χ0v) is 16.4. The van der Waals surface area contributed by atoms with E-state index < -0.39 is 17.9 Å². The van der Waals surface area contributed by atoms with Crippen LogP contribution in [0.5, 0.6) is 0 Å². The molecule has 0 aliphatic heterocycles. The second-order valence-corrected chi connectivity index (χ2v) is 7.94. The first kappa shape index (κ1) is 21.1. The minimum absolute atomic E-state index is 0.0591. The van der Waals surface area contributed by atoms with E-state index in [0.29, 0.717) is 18.2 Å². The van der Waals surface area contributed by atoms with Gasteiger partial charge in [0.05, 0.1) is 17.9 Å². The van der Waals surface area contributed by atoms with Crippen molar-refractivity contribution in [1.82, 2.24) is 9.97 Å². The molecule has 0 unspecified atom stereocenters. The first-order valence-electron chi connectivity index (χ1n) is 9.04. The highest BCUT2D eigenvalue weighted by Crippen LogP contribution is 2.24. The molecule has 1 aliphatic rings. The van der Waals surface area contributed by atoms with Gasteiger partial charge in [0.25, 0.3) is 5.91 Å². The Morgan fingerprint density at radius 2 is 2.04 bits per heavy atom. The highest BCUT2D eigenvalue weighted by Gasteiger charge is 2.24. The number of hydrogen-bond donors (Lipinski definition) is 5. The molecule has 1 aromatic heterocycles. The van der Waals surface area contributed by atoms with E-state index >= 15 is 0 Å². The highest BCUT2D eigenvalue weighted by molar-refractivity contribution is 5.97. The first-order valence-corrected chi connectivity index (χ1v) is 9.04. The Hall–Kier alpha value is -3.17. The van der Waals surface area contributed by atoms with Crippen LogP contribution in [-0.4, -0.2) is 40.1 Å². The van der Waals surface area contributed by atoms with E-state index in [4.69, 9.17) is 17.2 Å². The predicted molar refractivity (Wildman–Crippen MR) is 109 cm³/mol. The smallest absolute Gasteiger partial charge is 0.271 e. The van der Waals surface area contributed by atoms with Crippen molar-refractivity contribution in [1.29, 1.82) is 0 Å². The number of hydrogen-bond acceptors (Lipinski definition) is 8. The van der Waals surface area contributed by atoms with Crippen LogP contribution in [-0.2, 0) is 4.79 Å². The molecule has 8 N–H and O–H groups in total. The van der Waals surface area contributed by atoms with Crippen LogP contribution in [0.4, 0.5) is 11.6 Å². The molecule has 1 atom stereocenters. The molecule has 2 amide bonds. The Morgan fingerprint density at radius 3 is 2.54 bits per heavy atom. The van der Waals surface area contributed by atoms with Gasteiger partial charge in [-0.05, 0) is 24.7 Å². The van der Waals surface area contributed by atoms with Gasteiger partial charge in [0.2, 0.25) is 5.91 Å². The van der Waals surface area contributed by atoms with Gasteiger partial charge in [0, 0.05) is 12.4 Å². The molecule has 1 fully saturated rings. The lowest BCUT2D eigenvalue weighted by atomic mass is 9.88. The average molecular weight is 388 g/mol. The van der Waals surface area contributed by atoms with Crippen molar-refractivity contribution in [3.05, 3.63) is 23.8 Å². The van der Waals surface area contributed by atoms with Crippen molar-refractivity contribution in [2.24, 2.45) is 27.6 Å². The minimum Gasteiger partial charge on any atom is -0.403 e. The number of carbonyl (C=O) groups is 2. The van der Waals surface area contributed by atoms with Crippen LogP contribution in [0, 0.1) is 5.41 Å². The van der Waals surface area contributed by atoms with Crippen molar-refractivity contribution in [3.8, 4) is 0 Å². The molecule has 1 heterocycles. The van der Waals surface area contributed by atoms with Gasteiger partial charge in [0.15, 0.2) is 11.5 Å². The summed E-state index contributed by atoms with van der Waals surface area (Å²) >= 11 is 0. The fourth-order valence-corrected chi connectivity index (χ4v) is 2.40. The summed E-state index contributed by atoms with van der Waals surface area (Å²) in [6, 6.07) is -0.345. The average Bonchev–Trinajstić information content (AvgIpc) is 3.41. The van der Waals surface area contributed by atoms with Gasteiger partial charge >= 0.3 is 0 Å². The number of nitrogens with two attached hydrogens (primary N) is 3. The summed E-state index contributed by atoms with van der Waals surface area (Å²) in [7, 11) is 0. The lowest BCUT2D eigenvalue weighted by Crippen LogP contribution is -2.38. The Balaban J connectivity index is 2.25. The molecule has 2 rings (SSSR count). The monoisotopic (exact) mass is 388 g/mol. The third-order valence-electron chi connectivity index (χ3n) is 3.90. The van der Waals surface area contributed by atoms with Crippen molar-refractivity contribution < 1.29 is 9.59 Å². The maximum absolute atomic E-state index is 11.8. The Labute approximate surface area is 164 Å². The molecule has 0 aromatic carbocycles. The van der Waals surface area contributed by atoms with Crippen molar-refractivity contribution in [2.75, 3.05) is 10.6 Å². The molecule has 10 nitrogen and oxygen atoms in total. The van der Waals surface area contributed by atoms with E-state index in [1.165, 1.54) is 12.4 Å². The van der Waals surface area contributed by atoms with Crippen molar-refractivity contribution in [2.45, 2.75) is 52.1 Å². The summed E-state index contributed by atoms with van der Waals surface area (Å²) in [6.07, 6.45) is 6.80. The second-order valence-electron chi connectivity index (χ2n) is 7.94. The highest BCUT2D eigenvalue weighted by atomic mass is 16.1. The zero-order chi connectivity index (χ0) is 20.9. The Kier molecular flexibility index (Phi) is 6.55. The van der Waals surface area contributed by atoms with Crippen LogP contribution in [0.25, 0.3) is 0 Å². The number of allylic oxidation sites excluding steroid dienone is 1. The lowest BCUT2D eigenvalue weighted by Gasteiger charge is -2.25. The maximum atomic E-state index is 11.8. The molecule has 152 valence electrons. The van der Waals surface area contributed by atoms with Gasteiger partial charge in [-0.25, -0.2) is 9.97 Å². The number of aliphatic imine (C=N–C) groups is 1. The number of nitrogens with zero attached hydrogens (tertiary/aromatic N) is 3. The summed E-state index contributed by atoms with van der Waals surface area (Å²) in [5.74, 6) is -0.881. The molecule has 1 aliphatic carbocycles. The van der Waals surface area contributed by atoms with Gasteiger partial charge in [-0.3, -0.25) is 14.6 Å². The number of aromatic nitrogens is 2. The number of carbonyl (C=O) groups excluding carboxylic acids is 2. The lowest BCUT2D eigenvalue weighted by molar-refractivity contribution is -0.119. The fraction of sp³-hybridized carbons (Fsp3) is 0.500. The number of rotatable bonds is 9. The molecule has 0 bridgehead atoms. The van der Waals surface area contributed by atoms with Crippen LogP contribution in [0.3, 0.4) is 0 Å². The Bertz CT molecular complexity index is 793. The molecule has 0 saturated heterocycles. The van der Waals surface area contributed by atoms with Gasteiger partial charge in [-0.2, -0.15) is 0 Å². The zero-order valence-electron chi connectivity index (χ0n) is 16.4. The molecular weight excluding hydrogens is 360 g/mol. The summed E-state index contributed by atoms with van der Waals surface area (Å²) in [6.45, 7) is 5.99. The van der Waals surface area contributed by atoms with Gasteiger partial charge < -0.3 is 27.8 Å². The molecule has 1 aromatic rings. The Morgan fingerprint density at radius 1 is 1.36 bits per heavy atom. The summed E-state index contributed by atoms with van der Waals surface area (Å²) in [5.41, 5.74) is 16.8. The third-order valence-corrected chi connectivity index (χ3v) is 3.90. The van der Waals surface area contributed by atoms with Crippen LogP contribution >= 0.6 is 0 Å². The van der Waals surface area contributed by atoms with Crippen molar-refractivity contribution >= 4 is 29.7 Å². The minimum atomic E-state index is -0.752. The van der Waals surface area contributed by atoms with Crippen LogP contribution in [0.2, 0.25) is 0 Å². The molecule has 1 saturated carbocycles. The molecule has 0 radical (unpaired) electrons. The largest absolute Gasteiger partial charge is 0.403 e. The second kappa shape index (κ2) is 8.68. The van der Waals surface area contributed by atoms with E-state index in [1.54, 1.807) is 6.21 Å². The topological polar surface area (TPSA) is 174 Å². The first-order chi connectivity index (χ1) is 13.1. The van der Waals surface area contributed by atoms with Gasteiger partial charge in [-0.1, -0.05) is 20.8 Å². The van der Waals surface area contributed by atoms with Crippen molar-refractivity contribution in [3.63, 3.8) is 0 Å². The summed E-state index contributed by atoms with van der Waals surface area (Å²) in [5, 5.41) is 5.88. The van der Waals surface area contributed by atoms with E-state index in [0.717, 1.165) is 12.8 Å². The SMILES string of the molecule is CC(C)(C)C[C@@H](Nc1cnc(C(N)=O)c(NC(C=NC2CC2)=CN)n1)C(N)=O. The maximum Gasteiger partial charge on any atom is 0.271 e. The number of anilines is 2. The standard InChI is InChI=1S/C18H28N8O2/c1-18(2,3)6-12(15(20)27)25-13-9-23-14(16(21)28)17(26-13)24-11(7-19)8-22-10-4-5-10/h7-10,12H,4-6,19H2,1-3H3,(H2,20,27)(H2,21,28)(H2,24,25,26)/t12-/m1/s1. The van der Waals surface area contributed by atoms with Crippen LogP contribution in [0.15, 0.2) is 23.1 Å². The normalized spacial score (nSPS) is 16.0. The molecular formula is C18H28N8O2. The fourth-order valence-electron chi connectivity index (χ4n) is 2.40. The quantitative estimate of drug-likeness (QED) is 0.387. The molecule has 0 spiro atoms. The number of primary amides is 2. The van der Waals surface area contributed by atoms with E-state index in [-0.39, 0.29) is 22.7 Å². The van der Waals surface area contributed by atoms with Crippen LogP contribution < -0.4 is 27.8 Å². The summed E-state index contributed by atoms with van der Waals surface area (Å²) in [4.78, 5) is 36.2. The number of nitrogens with one attached hydrogen (secondary N) is 2. The van der Waals surface area contributed by atoms with E-state index in [9.17, 15) is 9.59 Å². The summed E-state index contributed by atoms with van der Waals surface area (Å²) < 4.78 is 0. The van der Waals surface area contributed by atoms with Crippen LogP contribution in [0.1, 0.15) is 50.5 Å². The number of amides is 2. The van der Waals surface area contributed by atoms with Gasteiger partial charge in [-0.15, -0.1) is 0 Å². The molecule has 10 heteroatoms. The molecule has 28 heavy (non-hydrogen) atoms. The van der Waals surface area contributed by atoms with Gasteiger partial charge in [0.1, 0.15) is 11.9 Å². The third kappa shape index (κ3) is 6.53.